The molecule has 3 heteroatoms. The van der Waals surface area contributed by atoms with Gasteiger partial charge in [-0.1, -0.05) is 0 Å². The second-order valence-corrected chi connectivity index (χ2v) is 1.93. The number of aliphatic hydroxyl groups excluding tert-OH is 1. The van der Waals surface area contributed by atoms with Gasteiger partial charge >= 0.3 is 0 Å². The molecule has 0 spiro atoms. The molecule has 1 aliphatic heterocycles. The highest BCUT2D eigenvalue weighted by atomic mass is 16.5. The zero-order chi connectivity index (χ0) is 6.85. The van der Waals surface area contributed by atoms with E-state index in [-0.39, 0.29) is 12.4 Å². The Morgan fingerprint density at radius 1 is 1.89 bits per heavy atom. The maximum Gasteiger partial charge on any atom is 0.199 e. The summed E-state index contributed by atoms with van der Waals surface area (Å²) >= 11 is 0. The van der Waals surface area contributed by atoms with Crippen LogP contribution in [-0.2, 0) is 9.53 Å². The number of aliphatic hydroxyl groups is 1. The summed E-state index contributed by atoms with van der Waals surface area (Å²) in [5.74, 6) is 0.298. The third-order valence-corrected chi connectivity index (χ3v) is 1.19. The van der Waals surface area contributed by atoms with Crippen LogP contribution < -0.4 is 0 Å². The summed E-state index contributed by atoms with van der Waals surface area (Å²) in [5.41, 5.74) is 0. The SMILES string of the molecule is CC1OC(CO)=CC1=O. The van der Waals surface area contributed by atoms with Gasteiger partial charge in [-0.15, -0.1) is 0 Å². The highest BCUT2D eigenvalue weighted by Gasteiger charge is 2.20. The Balaban J connectivity index is 2.62. The van der Waals surface area contributed by atoms with Gasteiger partial charge in [-0.05, 0) is 6.92 Å². The minimum atomic E-state index is -0.396. The molecule has 0 saturated heterocycles. The molecule has 3 nitrogen and oxygen atoms in total. The van der Waals surface area contributed by atoms with Gasteiger partial charge in [-0.2, -0.15) is 0 Å². The fourth-order valence-corrected chi connectivity index (χ4v) is 0.678. The van der Waals surface area contributed by atoms with Crippen molar-refractivity contribution in [1.29, 1.82) is 0 Å². The largest absolute Gasteiger partial charge is 0.484 e. The predicted molar refractivity (Wildman–Crippen MR) is 30.7 cm³/mol. The number of carbonyl (C=O) groups is 1. The van der Waals surface area contributed by atoms with E-state index in [2.05, 4.69) is 0 Å². The van der Waals surface area contributed by atoms with Crippen LogP contribution in [-0.4, -0.2) is 23.6 Å². The van der Waals surface area contributed by atoms with E-state index in [1.165, 1.54) is 6.08 Å². The van der Waals surface area contributed by atoms with Crippen LogP contribution in [0.1, 0.15) is 6.92 Å². The molecule has 0 saturated carbocycles. The Hall–Kier alpha value is -0.830. The molecule has 0 radical (unpaired) electrons. The Kier molecular flexibility index (Phi) is 1.53. The van der Waals surface area contributed by atoms with Crippen molar-refractivity contribution in [3.8, 4) is 0 Å². The van der Waals surface area contributed by atoms with Gasteiger partial charge in [0.2, 0.25) is 0 Å². The van der Waals surface area contributed by atoms with Crippen LogP contribution in [0.3, 0.4) is 0 Å². The van der Waals surface area contributed by atoms with Gasteiger partial charge in [0.25, 0.3) is 0 Å². The van der Waals surface area contributed by atoms with Crippen molar-refractivity contribution in [3.63, 3.8) is 0 Å². The standard InChI is InChI=1S/C6H8O3/c1-4-6(8)2-5(3-7)9-4/h2,4,7H,3H2,1H3. The van der Waals surface area contributed by atoms with Crippen molar-refractivity contribution in [1.82, 2.24) is 0 Å². The van der Waals surface area contributed by atoms with E-state index in [1.54, 1.807) is 6.92 Å². The second kappa shape index (κ2) is 2.19. The average Bonchev–Trinajstić information content (AvgIpc) is 2.13. The zero-order valence-corrected chi connectivity index (χ0v) is 5.13. The molecule has 0 aromatic rings. The predicted octanol–water partition coefficient (Wildman–Crippen LogP) is -0.150. The number of rotatable bonds is 1. The van der Waals surface area contributed by atoms with Crippen molar-refractivity contribution >= 4 is 5.78 Å². The lowest BCUT2D eigenvalue weighted by Crippen LogP contribution is -2.10. The number of ketones is 1. The molecular formula is C6H8O3. The molecule has 0 bridgehead atoms. The van der Waals surface area contributed by atoms with Crippen molar-refractivity contribution in [2.75, 3.05) is 6.61 Å². The van der Waals surface area contributed by atoms with Gasteiger partial charge in [0.15, 0.2) is 11.9 Å². The van der Waals surface area contributed by atoms with Gasteiger partial charge in [0.05, 0.1) is 0 Å². The first-order valence-corrected chi connectivity index (χ1v) is 2.76. The van der Waals surface area contributed by atoms with E-state index in [4.69, 9.17) is 9.84 Å². The third-order valence-electron chi connectivity index (χ3n) is 1.19. The topological polar surface area (TPSA) is 46.5 Å². The first-order chi connectivity index (χ1) is 4.24. The lowest BCUT2D eigenvalue weighted by molar-refractivity contribution is -0.119. The molecule has 1 unspecified atom stereocenters. The van der Waals surface area contributed by atoms with Gasteiger partial charge in [-0.25, -0.2) is 0 Å². The van der Waals surface area contributed by atoms with Crippen LogP contribution in [0.2, 0.25) is 0 Å². The maximum absolute atomic E-state index is 10.6. The van der Waals surface area contributed by atoms with E-state index >= 15 is 0 Å². The summed E-state index contributed by atoms with van der Waals surface area (Å²) in [4.78, 5) is 10.6. The summed E-state index contributed by atoms with van der Waals surface area (Å²) in [7, 11) is 0. The third kappa shape index (κ3) is 1.10. The minimum absolute atomic E-state index is 0.0703. The van der Waals surface area contributed by atoms with Crippen molar-refractivity contribution < 1.29 is 14.6 Å². The van der Waals surface area contributed by atoms with Crippen LogP contribution >= 0.6 is 0 Å². The van der Waals surface area contributed by atoms with Gasteiger partial charge < -0.3 is 9.84 Å². The smallest absolute Gasteiger partial charge is 0.199 e. The lowest BCUT2D eigenvalue weighted by Gasteiger charge is -2.02. The molecule has 1 heterocycles. The molecule has 1 N–H and O–H groups in total. The fraction of sp³-hybridized carbons (Fsp3) is 0.500. The normalized spacial score (nSPS) is 25.8. The Morgan fingerprint density at radius 2 is 2.56 bits per heavy atom. The number of ether oxygens (including phenoxy) is 1. The average molecular weight is 128 g/mol. The summed E-state index contributed by atoms with van der Waals surface area (Å²) in [6.07, 6.45) is 0.928. The van der Waals surface area contributed by atoms with Gasteiger partial charge in [0, 0.05) is 6.08 Å². The highest BCUT2D eigenvalue weighted by molar-refractivity contribution is 5.95. The Morgan fingerprint density at radius 3 is 2.78 bits per heavy atom. The first-order valence-electron chi connectivity index (χ1n) is 2.76. The molecule has 0 aromatic heterocycles. The van der Waals surface area contributed by atoms with Gasteiger partial charge in [0.1, 0.15) is 12.4 Å². The van der Waals surface area contributed by atoms with E-state index in [9.17, 15) is 4.79 Å². The first kappa shape index (κ1) is 6.29. The van der Waals surface area contributed by atoms with Crippen molar-refractivity contribution in [2.45, 2.75) is 13.0 Å². The van der Waals surface area contributed by atoms with Crippen LogP contribution in [0, 0.1) is 0 Å². The molecule has 9 heavy (non-hydrogen) atoms. The Bertz CT molecular complexity index is 160. The van der Waals surface area contributed by atoms with Crippen LogP contribution in [0.25, 0.3) is 0 Å². The maximum atomic E-state index is 10.6. The fourth-order valence-electron chi connectivity index (χ4n) is 0.678. The molecule has 1 atom stereocenters. The molecule has 1 aliphatic rings. The zero-order valence-electron chi connectivity index (χ0n) is 5.13. The molecule has 0 aromatic carbocycles. The highest BCUT2D eigenvalue weighted by Crippen LogP contribution is 2.11. The van der Waals surface area contributed by atoms with Crippen molar-refractivity contribution in [3.05, 3.63) is 11.8 Å². The number of hydrogen-bond acceptors (Lipinski definition) is 3. The molecule has 0 fully saturated rings. The monoisotopic (exact) mass is 128 g/mol. The van der Waals surface area contributed by atoms with E-state index < -0.39 is 6.10 Å². The molecule has 1 rings (SSSR count). The molecule has 0 amide bonds. The van der Waals surface area contributed by atoms with E-state index in [0.717, 1.165) is 0 Å². The minimum Gasteiger partial charge on any atom is -0.484 e. The number of carbonyl (C=O) groups excluding carboxylic acids is 1. The molecular weight excluding hydrogens is 120 g/mol. The summed E-state index contributed by atoms with van der Waals surface area (Å²) < 4.78 is 4.88. The van der Waals surface area contributed by atoms with E-state index in [0.29, 0.717) is 5.76 Å². The number of hydrogen-bond donors (Lipinski definition) is 1. The molecule has 50 valence electrons. The van der Waals surface area contributed by atoms with Gasteiger partial charge in [-0.3, -0.25) is 4.79 Å². The van der Waals surface area contributed by atoms with Crippen LogP contribution in [0.4, 0.5) is 0 Å². The quantitative estimate of drug-likeness (QED) is 0.534. The second-order valence-electron chi connectivity index (χ2n) is 1.93. The summed E-state index contributed by atoms with van der Waals surface area (Å²) in [6, 6.07) is 0. The van der Waals surface area contributed by atoms with Crippen LogP contribution in [0.5, 0.6) is 0 Å². The van der Waals surface area contributed by atoms with E-state index in [1.807, 2.05) is 0 Å². The Labute approximate surface area is 52.9 Å². The lowest BCUT2D eigenvalue weighted by atomic mass is 10.3. The van der Waals surface area contributed by atoms with Crippen LogP contribution in [0.15, 0.2) is 11.8 Å². The van der Waals surface area contributed by atoms with Crippen molar-refractivity contribution in [2.24, 2.45) is 0 Å². The molecule has 0 aliphatic carbocycles. The summed E-state index contributed by atoms with van der Waals surface area (Å²) in [5, 5.41) is 8.46. The summed E-state index contributed by atoms with van der Waals surface area (Å²) in [6.45, 7) is 1.47.